The third kappa shape index (κ3) is 7.85. The lowest BCUT2D eigenvalue weighted by atomic mass is 10.1. The maximum absolute atomic E-state index is 12.5. The zero-order chi connectivity index (χ0) is 21.3. The SMILES string of the molecule is CC(=O)CC(CSC(=O)C(CS)CC(C)=O)C(=O)Oc1ccccc1C(N)=O. The van der Waals surface area contributed by atoms with Crippen LogP contribution in [0.1, 0.15) is 37.0 Å². The fourth-order valence-corrected chi connectivity index (χ4v) is 3.82. The quantitative estimate of drug-likeness (QED) is 0.316. The second-order valence-electron chi connectivity index (χ2n) is 6.30. The highest BCUT2D eigenvalue weighted by Gasteiger charge is 2.27. The first-order chi connectivity index (χ1) is 13.1. The Morgan fingerprint density at radius 3 is 2.14 bits per heavy atom. The standard InChI is InChI=1S/C19H23NO6S2/c1-11(21)7-13(9-27)19(25)28-10-14(8-12(2)22)18(24)26-16-6-4-3-5-15(16)17(20)23/h3-6,13-14,27H,7-10H2,1-2H3,(H2,20,23). The van der Waals surface area contributed by atoms with Crippen LogP contribution >= 0.6 is 24.4 Å². The number of ether oxygens (including phenoxy) is 1. The maximum atomic E-state index is 12.5. The predicted molar refractivity (Wildman–Crippen MR) is 109 cm³/mol. The third-order valence-electron chi connectivity index (χ3n) is 3.74. The summed E-state index contributed by atoms with van der Waals surface area (Å²) in [6.45, 7) is 2.72. The molecular weight excluding hydrogens is 402 g/mol. The predicted octanol–water partition coefficient (Wildman–Crippen LogP) is 2.07. The lowest BCUT2D eigenvalue weighted by molar-refractivity contribution is -0.140. The molecule has 0 spiro atoms. The van der Waals surface area contributed by atoms with Crippen molar-refractivity contribution in [1.29, 1.82) is 0 Å². The van der Waals surface area contributed by atoms with Gasteiger partial charge in [0.05, 0.1) is 11.5 Å². The number of primary amides is 1. The average molecular weight is 426 g/mol. The molecule has 0 radical (unpaired) electrons. The molecule has 0 aliphatic heterocycles. The molecule has 0 saturated carbocycles. The highest BCUT2D eigenvalue weighted by molar-refractivity contribution is 8.13. The fourth-order valence-electron chi connectivity index (χ4n) is 2.38. The van der Waals surface area contributed by atoms with Crippen LogP contribution in [0.25, 0.3) is 0 Å². The van der Waals surface area contributed by atoms with E-state index in [0.29, 0.717) is 0 Å². The zero-order valence-electron chi connectivity index (χ0n) is 15.7. The number of carbonyl (C=O) groups excluding carboxylic acids is 5. The van der Waals surface area contributed by atoms with Crippen molar-refractivity contribution in [3.8, 4) is 5.75 Å². The fraction of sp³-hybridized carbons (Fsp3) is 0.421. The van der Waals surface area contributed by atoms with Crippen molar-refractivity contribution in [3.63, 3.8) is 0 Å². The van der Waals surface area contributed by atoms with Gasteiger partial charge in [-0.25, -0.2) is 0 Å². The summed E-state index contributed by atoms with van der Waals surface area (Å²) in [4.78, 5) is 59.1. The summed E-state index contributed by atoms with van der Waals surface area (Å²) >= 11 is 4.96. The molecule has 0 aliphatic rings. The Morgan fingerprint density at radius 2 is 1.61 bits per heavy atom. The summed E-state index contributed by atoms with van der Waals surface area (Å²) in [5.41, 5.74) is 5.31. The van der Waals surface area contributed by atoms with E-state index in [2.05, 4.69) is 12.6 Å². The molecule has 28 heavy (non-hydrogen) atoms. The summed E-state index contributed by atoms with van der Waals surface area (Å²) in [6, 6.07) is 5.99. The smallest absolute Gasteiger partial charge is 0.315 e. The minimum absolute atomic E-state index is 0.00491. The molecule has 0 fully saturated rings. The van der Waals surface area contributed by atoms with Crippen LogP contribution in [0.4, 0.5) is 0 Å². The van der Waals surface area contributed by atoms with Crippen LogP contribution in [0.3, 0.4) is 0 Å². The van der Waals surface area contributed by atoms with E-state index >= 15 is 0 Å². The number of amides is 1. The van der Waals surface area contributed by atoms with E-state index in [4.69, 9.17) is 10.5 Å². The van der Waals surface area contributed by atoms with Crippen molar-refractivity contribution in [1.82, 2.24) is 0 Å². The van der Waals surface area contributed by atoms with Gasteiger partial charge in [0.25, 0.3) is 5.91 Å². The normalized spacial score (nSPS) is 12.7. The number of benzene rings is 1. The topological polar surface area (TPSA) is 121 Å². The highest BCUT2D eigenvalue weighted by Crippen LogP contribution is 2.24. The number of nitrogens with two attached hydrogens (primary N) is 1. The monoisotopic (exact) mass is 425 g/mol. The molecule has 1 amide bonds. The van der Waals surface area contributed by atoms with Crippen LogP contribution in [-0.2, 0) is 19.2 Å². The van der Waals surface area contributed by atoms with Gasteiger partial charge in [-0.2, -0.15) is 12.6 Å². The lowest BCUT2D eigenvalue weighted by Gasteiger charge is -2.16. The molecule has 1 rings (SSSR count). The molecule has 152 valence electrons. The van der Waals surface area contributed by atoms with Gasteiger partial charge in [0.1, 0.15) is 17.3 Å². The van der Waals surface area contributed by atoms with E-state index in [9.17, 15) is 24.0 Å². The largest absolute Gasteiger partial charge is 0.425 e. The molecular formula is C19H23NO6S2. The van der Waals surface area contributed by atoms with Crippen LogP contribution < -0.4 is 10.5 Å². The molecule has 0 heterocycles. The molecule has 9 heteroatoms. The molecule has 2 atom stereocenters. The number of ketones is 2. The molecule has 0 aromatic heterocycles. The number of hydrogen-bond donors (Lipinski definition) is 2. The number of esters is 1. The first kappa shape index (κ1) is 23.9. The Labute approximate surface area is 173 Å². The van der Waals surface area contributed by atoms with Gasteiger partial charge >= 0.3 is 5.97 Å². The van der Waals surface area contributed by atoms with Crippen LogP contribution in [-0.4, -0.2) is 40.1 Å². The number of thioether (sulfide) groups is 1. The molecule has 2 unspecified atom stereocenters. The van der Waals surface area contributed by atoms with Crippen molar-refractivity contribution in [3.05, 3.63) is 29.8 Å². The zero-order valence-corrected chi connectivity index (χ0v) is 17.4. The maximum Gasteiger partial charge on any atom is 0.315 e. The highest BCUT2D eigenvalue weighted by atomic mass is 32.2. The molecule has 0 bridgehead atoms. The van der Waals surface area contributed by atoms with Crippen molar-refractivity contribution in [2.24, 2.45) is 17.6 Å². The second kappa shape index (κ2) is 11.7. The number of carbonyl (C=O) groups is 5. The molecule has 1 aromatic rings. The van der Waals surface area contributed by atoms with Gasteiger partial charge in [0.15, 0.2) is 5.12 Å². The number of para-hydroxylation sites is 1. The van der Waals surface area contributed by atoms with Crippen LogP contribution in [0.2, 0.25) is 0 Å². The molecule has 2 N–H and O–H groups in total. The lowest BCUT2D eigenvalue weighted by Crippen LogP contribution is -2.27. The Hall–Kier alpha value is -2.13. The van der Waals surface area contributed by atoms with Crippen molar-refractivity contribution in [2.45, 2.75) is 26.7 Å². The van der Waals surface area contributed by atoms with Crippen molar-refractivity contribution in [2.75, 3.05) is 11.5 Å². The van der Waals surface area contributed by atoms with Crippen LogP contribution in [0, 0.1) is 11.8 Å². The van der Waals surface area contributed by atoms with Gasteiger partial charge in [0.2, 0.25) is 0 Å². The summed E-state index contributed by atoms with van der Waals surface area (Å²) in [7, 11) is 0. The van der Waals surface area contributed by atoms with Crippen LogP contribution in [0.15, 0.2) is 24.3 Å². The first-order valence-corrected chi connectivity index (χ1v) is 10.1. The van der Waals surface area contributed by atoms with Crippen molar-refractivity contribution >= 4 is 52.9 Å². The molecule has 1 aromatic carbocycles. The Balaban J connectivity index is 2.86. The van der Waals surface area contributed by atoms with E-state index in [1.807, 2.05) is 0 Å². The van der Waals surface area contributed by atoms with E-state index in [1.54, 1.807) is 12.1 Å². The van der Waals surface area contributed by atoms with Gasteiger partial charge in [-0.05, 0) is 26.0 Å². The summed E-state index contributed by atoms with van der Waals surface area (Å²) in [5, 5.41) is -0.274. The molecule has 0 aliphatic carbocycles. The Kier molecular flexibility index (Phi) is 9.95. The number of Topliss-reactive ketones (excluding diaryl/α,β-unsaturated/α-hetero) is 2. The number of hydrogen-bond acceptors (Lipinski definition) is 8. The van der Waals surface area contributed by atoms with Gasteiger partial charge in [0, 0.05) is 30.3 Å². The summed E-state index contributed by atoms with van der Waals surface area (Å²) in [5.74, 6) is -3.09. The molecule has 0 saturated heterocycles. The Bertz CT molecular complexity index is 765. The average Bonchev–Trinajstić information content (AvgIpc) is 2.62. The minimum atomic E-state index is -0.884. The van der Waals surface area contributed by atoms with E-state index in [-0.39, 0.29) is 52.3 Å². The molecule has 7 nitrogen and oxygen atoms in total. The van der Waals surface area contributed by atoms with Crippen LogP contribution in [0.5, 0.6) is 5.75 Å². The summed E-state index contributed by atoms with van der Waals surface area (Å²) < 4.78 is 5.27. The second-order valence-corrected chi connectivity index (χ2v) is 7.69. The van der Waals surface area contributed by atoms with Gasteiger partial charge in [-0.3, -0.25) is 14.4 Å². The van der Waals surface area contributed by atoms with E-state index in [1.165, 1.54) is 26.0 Å². The van der Waals surface area contributed by atoms with Gasteiger partial charge in [-0.1, -0.05) is 23.9 Å². The Morgan fingerprint density at radius 1 is 1.04 bits per heavy atom. The van der Waals surface area contributed by atoms with E-state index < -0.39 is 23.7 Å². The third-order valence-corrected chi connectivity index (χ3v) is 5.37. The number of thiol groups is 1. The minimum Gasteiger partial charge on any atom is -0.425 e. The number of rotatable bonds is 11. The van der Waals surface area contributed by atoms with Gasteiger partial charge in [-0.15, -0.1) is 0 Å². The van der Waals surface area contributed by atoms with E-state index in [0.717, 1.165) is 11.8 Å². The van der Waals surface area contributed by atoms with Gasteiger partial charge < -0.3 is 20.1 Å². The van der Waals surface area contributed by atoms with Crippen molar-refractivity contribution < 1.29 is 28.7 Å². The first-order valence-electron chi connectivity index (χ1n) is 8.52. The summed E-state index contributed by atoms with van der Waals surface area (Å²) in [6.07, 6.45) is -0.0424.